The van der Waals surface area contributed by atoms with Crippen LogP contribution in [0.25, 0.3) is 0 Å². The average molecular weight is 407 g/mol. The van der Waals surface area contributed by atoms with E-state index < -0.39 is 9.84 Å². The van der Waals surface area contributed by atoms with Gasteiger partial charge >= 0.3 is 0 Å². The number of ketones is 1. The predicted molar refractivity (Wildman–Crippen MR) is 106 cm³/mol. The van der Waals surface area contributed by atoms with Gasteiger partial charge in [-0.2, -0.15) is 0 Å². The maximum atomic E-state index is 12.4. The monoisotopic (exact) mass is 406 g/mol. The quantitative estimate of drug-likeness (QED) is 0.689. The first kappa shape index (κ1) is 19.6. The molecule has 2 heterocycles. The number of amides is 1. The van der Waals surface area contributed by atoms with Crippen molar-refractivity contribution in [2.75, 3.05) is 36.8 Å². The highest BCUT2D eigenvalue weighted by atomic mass is 32.2. The standard InChI is InChI=1S/C19H22N2O4S2/c1-15(22)16-4-6-17(7-5-16)20-9-11-21(12-10-20)18(23)8-14-27(24,25)19-3-2-13-26-19/h2-7,13H,8-12,14H2,1H3. The first-order chi connectivity index (χ1) is 12.9. The van der Waals surface area contributed by atoms with Crippen LogP contribution in [0.15, 0.2) is 46.0 Å². The van der Waals surface area contributed by atoms with Gasteiger partial charge in [-0.25, -0.2) is 8.42 Å². The van der Waals surface area contributed by atoms with Crippen LogP contribution in [0, 0.1) is 0 Å². The van der Waals surface area contributed by atoms with E-state index in [9.17, 15) is 18.0 Å². The number of hydrogen-bond acceptors (Lipinski definition) is 6. The third kappa shape index (κ3) is 4.75. The SMILES string of the molecule is CC(=O)c1ccc(N2CCN(C(=O)CCS(=O)(=O)c3cccs3)CC2)cc1. The number of nitrogens with zero attached hydrogens (tertiary/aromatic N) is 2. The normalized spacial score (nSPS) is 15.0. The first-order valence-corrected chi connectivity index (χ1v) is 11.3. The Bertz CT molecular complexity index is 898. The van der Waals surface area contributed by atoms with E-state index in [2.05, 4.69) is 4.90 Å². The number of thiophene rings is 1. The van der Waals surface area contributed by atoms with Crippen LogP contribution in [0.5, 0.6) is 0 Å². The molecule has 0 atom stereocenters. The molecular formula is C19H22N2O4S2. The number of sulfone groups is 1. The minimum Gasteiger partial charge on any atom is -0.368 e. The van der Waals surface area contributed by atoms with Gasteiger partial charge in [-0.15, -0.1) is 11.3 Å². The van der Waals surface area contributed by atoms with Crippen molar-refractivity contribution in [3.8, 4) is 0 Å². The molecule has 1 saturated heterocycles. The summed E-state index contributed by atoms with van der Waals surface area (Å²) in [6.45, 7) is 4.03. The molecule has 0 N–H and O–H groups in total. The van der Waals surface area contributed by atoms with Crippen molar-refractivity contribution in [3.05, 3.63) is 47.3 Å². The number of hydrogen-bond donors (Lipinski definition) is 0. The molecule has 1 aromatic carbocycles. The van der Waals surface area contributed by atoms with Crippen LogP contribution in [0.2, 0.25) is 0 Å². The number of rotatable bonds is 6. The number of carbonyl (C=O) groups excluding carboxylic acids is 2. The lowest BCUT2D eigenvalue weighted by molar-refractivity contribution is -0.131. The van der Waals surface area contributed by atoms with E-state index in [1.807, 2.05) is 24.3 Å². The van der Waals surface area contributed by atoms with E-state index in [-0.39, 0.29) is 23.9 Å². The summed E-state index contributed by atoms with van der Waals surface area (Å²) in [5.41, 5.74) is 1.70. The fraction of sp³-hybridized carbons (Fsp3) is 0.368. The Morgan fingerprint density at radius 1 is 1.04 bits per heavy atom. The molecule has 8 heteroatoms. The Balaban J connectivity index is 1.51. The Hall–Kier alpha value is -2.19. The maximum absolute atomic E-state index is 12.4. The van der Waals surface area contributed by atoms with Crippen LogP contribution in [0.3, 0.4) is 0 Å². The molecule has 27 heavy (non-hydrogen) atoms. The van der Waals surface area contributed by atoms with Crippen LogP contribution < -0.4 is 4.90 Å². The van der Waals surface area contributed by atoms with Gasteiger partial charge in [0.1, 0.15) is 4.21 Å². The highest BCUT2D eigenvalue weighted by molar-refractivity contribution is 7.93. The Morgan fingerprint density at radius 2 is 1.70 bits per heavy atom. The van der Waals surface area contributed by atoms with Gasteiger partial charge in [0, 0.05) is 43.9 Å². The zero-order valence-corrected chi connectivity index (χ0v) is 16.8. The largest absolute Gasteiger partial charge is 0.368 e. The van der Waals surface area contributed by atoms with Gasteiger partial charge in [0.25, 0.3) is 0 Å². The van der Waals surface area contributed by atoms with Crippen LogP contribution in [0.4, 0.5) is 5.69 Å². The molecule has 2 aromatic rings. The van der Waals surface area contributed by atoms with Crippen molar-refractivity contribution in [1.29, 1.82) is 0 Å². The summed E-state index contributed by atoms with van der Waals surface area (Å²) in [5.74, 6) is -0.241. The lowest BCUT2D eigenvalue weighted by Crippen LogP contribution is -2.49. The second-order valence-electron chi connectivity index (χ2n) is 6.47. The fourth-order valence-electron chi connectivity index (χ4n) is 3.04. The fourth-order valence-corrected chi connectivity index (χ4v) is 5.42. The van der Waals surface area contributed by atoms with Crippen molar-refractivity contribution in [2.24, 2.45) is 0 Å². The molecule has 1 aliphatic rings. The van der Waals surface area contributed by atoms with Crippen LogP contribution >= 0.6 is 11.3 Å². The van der Waals surface area contributed by atoms with Crippen molar-refractivity contribution >= 4 is 38.6 Å². The first-order valence-electron chi connectivity index (χ1n) is 8.77. The molecule has 0 bridgehead atoms. The molecule has 1 fully saturated rings. The van der Waals surface area contributed by atoms with Crippen molar-refractivity contribution in [3.63, 3.8) is 0 Å². The highest BCUT2D eigenvalue weighted by Crippen LogP contribution is 2.20. The molecule has 0 radical (unpaired) electrons. The topological polar surface area (TPSA) is 74.8 Å². The zero-order chi connectivity index (χ0) is 19.4. The Kier molecular flexibility index (Phi) is 5.96. The van der Waals surface area contributed by atoms with Crippen molar-refractivity contribution in [1.82, 2.24) is 4.90 Å². The van der Waals surface area contributed by atoms with E-state index in [0.29, 0.717) is 36.0 Å². The molecule has 1 aromatic heterocycles. The van der Waals surface area contributed by atoms with Crippen LogP contribution in [-0.2, 0) is 14.6 Å². The molecule has 0 unspecified atom stereocenters. The third-order valence-electron chi connectivity index (χ3n) is 4.66. The van der Waals surface area contributed by atoms with E-state index in [1.165, 1.54) is 18.3 Å². The van der Waals surface area contributed by atoms with E-state index in [0.717, 1.165) is 5.69 Å². The van der Waals surface area contributed by atoms with Gasteiger partial charge in [-0.3, -0.25) is 9.59 Å². The summed E-state index contributed by atoms with van der Waals surface area (Å²) in [4.78, 5) is 27.6. The van der Waals surface area contributed by atoms with Gasteiger partial charge in [0.2, 0.25) is 5.91 Å². The molecule has 0 spiro atoms. The van der Waals surface area contributed by atoms with Crippen LogP contribution in [0.1, 0.15) is 23.7 Å². The number of piperazine rings is 1. The summed E-state index contributed by atoms with van der Waals surface area (Å²) in [7, 11) is -3.38. The average Bonchev–Trinajstić information content (AvgIpc) is 3.22. The van der Waals surface area contributed by atoms with Crippen molar-refractivity contribution in [2.45, 2.75) is 17.6 Å². The van der Waals surface area contributed by atoms with Gasteiger partial charge in [-0.05, 0) is 42.6 Å². The summed E-state index contributed by atoms with van der Waals surface area (Å²) in [5, 5.41) is 1.72. The smallest absolute Gasteiger partial charge is 0.223 e. The minimum absolute atomic E-state index is 0.00748. The molecule has 0 aliphatic carbocycles. The summed E-state index contributed by atoms with van der Waals surface area (Å²) in [6, 6.07) is 10.7. The number of anilines is 1. The molecule has 144 valence electrons. The summed E-state index contributed by atoms with van der Waals surface area (Å²) >= 11 is 1.18. The van der Waals surface area contributed by atoms with Gasteiger partial charge in [0.15, 0.2) is 15.6 Å². The van der Waals surface area contributed by atoms with Gasteiger partial charge in [0.05, 0.1) is 5.75 Å². The Labute approximate surface area is 163 Å². The van der Waals surface area contributed by atoms with E-state index >= 15 is 0 Å². The second-order valence-corrected chi connectivity index (χ2v) is 9.76. The van der Waals surface area contributed by atoms with Crippen LogP contribution in [-0.4, -0.2) is 56.9 Å². The summed E-state index contributed by atoms with van der Waals surface area (Å²) in [6.07, 6.45) is 0.00748. The molecule has 0 saturated carbocycles. The minimum atomic E-state index is -3.38. The summed E-state index contributed by atoms with van der Waals surface area (Å²) < 4.78 is 24.7. The zero-order valence-electron chi connectivity index (χ0n) is 15.1. The van der Waals surface area contributed by atoms with Gasteiger partial charge < -0.3 is 9.80 Å². The van der Waals surface area contributed by atoms with Gasteiger partial charge in [-0.1, -0.05) is 6.07 Å². The van der Waals surface area contributed by atoms with Crippen molar-refractivity contribution < 1.29 is 18.0 Å². The highest BCUT2D eigenvalue weighted by Gasteiger charge is 2.24. The lowest BCUT2D eigenvalue weighted by Gasteiger charge is -2.36. The Morgan fingerprint density at radius 3 is 2.26 bits per heavy atom. The molecule has 3 rings (SSSR count). The third-order valence-corrected chi connectivity index (χ3v) is 7.86. The second kappa shape index (κ2) is 8.22. The number of benzene rings is 1. The lowest BCUT2D eigenvalue weighted by atomic mass is 10.1. The predicted octanol–water partition coefficient (Wildman–Crippen LogP) is 2.46. The van der Waals surface area contributed by atoms with E-state index in [1.54, 1.807) is 22.4 Å². The van der Waals surface area contributed by atoms with E-state index in [4.69, 9.17) is 0 Å². The maximum Gasteiger partial charge on any atom is 0.223 e. The molecular weight excluding hydrogens is 384 g/mol. The molecule has 6 nitrogen and oxygen atoms in total. The number of Topliss-reactive ketones (excluding diaryl/α,β-unsaturated/α-hetero) is 1. The molecule has 1 amide bonds. The molecule has 1 aliphatic heterocycles. The number of carbonyl (C=O) groups is 2.